The zero-order valence-corrected chi connectivity index (χ0v) is 17.9. The third kappa shape index (κ3) is 4.18. The van der Waals surface area contributed by atoms with Gasteiger partial charge in [0.2, 0.25) is 11.8 Å². The van der Waals surface area contributed by atoms with Crippen molar-refractivity contribution in [1.29, 1.82) is 0 Å². The molecule has 0 radical (unpaired) electrons. The van der Waals surface area contributed by atoms with Gasteiger partial charge in [0.05, 0.1) is 17.2 Å². The van der Waals surface area contributed by atoms with E-state index in [1.165, 1.54) is 25.0 Å². The lowest BCUT2D eigenvalue weighted by Gasteiger charge is -2.21. The highest BCUT2D eigenvalue weighted by Gasteiger charge is 2.35. The molecule has 2 aliphatic heterocycles. The number of nitrogens with one attached hydrogen (secondary N) is 1. The molecule has 2 aromatic carbocycles. The molecule has 2 saturated heterocycles. The number of hydrogen-bond acceptors (Lipinski definition) is 4. The summed E-state index contributed by atoms with van der Waals surface area (Å²) in [6, 6.07) is 12.5. The monoisotopic (exact) mass is 471 g/mol. The fraction of sp³-hybridized carbons (Fsp3) is 0.318. The lowest BCUT2D eigenvalue weighted by Crippen LogP contribution is -2.28. The van der Waals surface area contributed by atoms with Crippen molar-refractivity contribution in [1.82, 2.24) is 0 Å². The normalized spacial score (nSPS) is 18.7. The Morgan fingerprint density at radius 1 is 1.03 bits per heavy atom. The van der Waals surface area contributed by atoms with Crippen LogP contribution in [0.1, 0.15) is 29.6 Å². The van der Waals surface area contributed by atoms with Gasteiger partial charge in [-0.3, -0.25) is 9.59 Å². The van der Waals surface area contributed by atoms with E-state index in [0.29, 0.717) is 4.47 Å². The maximum atomic E-state index is 12.7. The molecule has 156 valence electrons. The van der Waals surface area contributed by atoms with Gasteiger partial charge in [-0.15, -0.1) is 0 Å². The molecule has 0 aliphatic carbocycles. The van der Waals surface area contributed by atoms with Crippen molar-refractivity contribution in [2.24, 2.45) is 5.92 Å². The smallest absolute Gasteiger partial charge is 0.337 e. The Bertz CT molecular complexity index is 986. The number of nitrogens with zero attached hydrogens (tertiary/aromatic N) is 2. The van der Waals surface area contributed by atoms with Crippen molar-refractivity contribution in [2.75, 3.05) is 34.8 Å². The molecule has 2 heterocycles. The molecule has 0 saturated carbocycles. The molecule has 0 bridgehead atoms. The lowest BCUT2D eigenvalue weighted by atomic mass is 10.1. The summed E-state index contributed by atoms with van der Waals surface area (Å²) in [5, 5.41) is 12.0. The number of carbonyl (C=O) groups excluding carboxylic acids is 2. The number of carboxylic acid groups (broad SMARTS) is 1. The van der Waals surface area contributed by atoms with Crippen molar-refractivity contribution < 1.29 is 19.5 Å². The fourth-order valence-corrected chi connectivity index (χ4v) is 4.35. The van der Waals surface area contributed by atoms with Gasteiger partial charge in [0.15, 0.2) is 0 Å². The standard InChI is InChI=1S/C22H22BrN3O4/c23-15-3-8-19(18(12-15)22(29)30)24-21(28)14-11-20(27)26(13-14)17-6-4-16(5-7-17)25-9-1-2-10-25/h3-8,12,14H,1-2,9-11,13H2,(H,24,28)(H,29,30). The summed E-state index contributed by atoms with van der Waals surface area (Å²) in [5.74, 6) is -2.14. The second-order valence-corrected chi connectivity index (χ2v) is 8.52. The quantitative estimate of drug-likeness (QED) is 0.692. The Morgan fingerprint density at radius 2 is 1.70 bits per heavy atom. The topological polar surface area (TPSA) is 89.9 Å². The van der Waals surface area contributed by atoms with Gasteiger partial charge in [0.25, 0.3) is 0 Å². The average Bonchev–Trinajstić information content (AvgIpc) is 3.39. The minimum atomic E-state index is -1.13. The summed E-state index contributed by atoms with van der Waals surface area (Å²) in [6.45, 7) is 2.38. The largest absolute Gasteiger partial charge is 0.478 e. The van der Waals surface area contributed by atoms with Crippen LogP contribution < -0.4 is 15.1 Å². The molecule has 8 heteroatoms. The maximum Gasteiger partial charge on any atom is 0.337 e. The van der Waals surface area contributed by atoms with E-state index in [0.717, 1.165) is 24.5 Å². The zero-order chi connectivity index (χ0) is 21.3. The van der Waals surface area contributed by atoms with E-state index in [1.54, 1.807) is 11.0 Å². The molecule has 2 N–H and O–H groups in total. The Balaban J connectivity index is 1.44. The number of aromatic carboxylic acids is 1. The second kappa shape index (κ2) is 8.47. The van der Waals surface area contributed by atoms with Crippen LogP contribution in [0.4, 0.5) is 17.1 Å². The van der Waals surface area contributed by atoms with Crippen molar-refractivity contribution in [3.63, 3.8) is 0 Å². The van der Waals surface area contributed by atoms with Crippen LogP contribution in [0.15, 0.2) is 46.9 Å². The van der Waals surface area contributed by atoms with Crippen LogP contribution in [-0.2, 0) is 9.59 Å². The number of anilines is 3. The summed E-state index contributed by atoms with van der Waals surface area (Å²) in [5.41, 5.74) is 2.13. The molecule has 7 nitrogen and oxygen atoms in total. The maximum absolute atomic E-state index is 12.7. The number of carboxylic acids is 1. The Labute approximate surface area is 182 Å². The van der Waals surface area contributed by atoms with Crippen LogP contribution in [0.2, 0.25) is 0 Å². The summed E-state index contributed by atoms with van der Waals surface area (Å²) in [4.78, 5) is 40.7. The summed E-state index contributed by atoms with van der Waals surface area (Å²) < 4.78 is 0.609. The van der Waals surface area contributed by atoms with E-state index < -0.39 is 11.9 Å². The first-order chi connectivity index (χ1) is 14.4. The summed E-state index contributed by atoms with van der Waals surface area (Å²) in [7, 11) is 0. The van der Waals surface area contributed by atoms with E-state index in [9.17, 15) is 19.5 Å². The minimum Gasteiger partial charge on any atom is -0.478 e. The Kier molecular flexibility index (Phi) is 5.76. The number of benzene rings is 2. The predicted octanol–water partition coefficient (Wildman–Crippen LogP) is 3.74. The predicted molar refractivity (Wildman–Crippen MR) is 118 cm³/mol. The van der Waals surface area contributed by atoms with Gasteiger partial charge in [-0.25, -0.2) is 4.79 Å². The minimum absolute atomic E-state index is 0.00333. The molecule has 2 aromatic rings. The third-order valence-electron chi connectivity index (χ3n) is 5.60. The van der Waals surface area contributed by atoms with E-state index >= 15 is 0 Å². The molecule has 30 heavy (non-hydrogen) atoms. The lowest BCUT2D eigenvalue weighted by molar-refractivity contribution is -0.122. The number of carbonyl (C=O) groups is 3. The fourth-order valence-electron chi connectivity index (χ4n) is 3.99. The first-order valence-electron chi connectivity index (χ1n) is 9.91. The average molecular weight is 472 g/mol. The summed E-state index contributed by atoms with van der Waals surface area (Å²) in [6.07, 6.45) is 2.49. The Hall–Kier alpha value is -2.87. The molecule has 4 rings (SSSR count). The van der Waals surface area contributed by atoms with Crippen LogP contribution in [0.25, 0.3) is 0 Å². The Morgan fingerprint density at radius 3 is 2.37 bits per heavy atom. The first kappa shape index (κ1) is 20.4. The molecular formula is C22H22BrN3O4. The van der Waals surface area contributed by atoms with Gasteiger partial charge >= 0.3 is 5.97 Å². The molecule has 2 amide bonds. The number of rotatable bonds is 5. The molecular weight excluding hydrogens is 450 g/mol. The SMILES string of the molecule is O=C(O)c1cc(Br)ccc1NC(=O)C1CC(=O)N(c2ccc(N3CCCC3)cc2)C1. The van der Waals surface area contributed by atoms with E-state index in [2.05, 4.69) is 26.1 Å². The van der Waals surface area contributed by atoms with Crippen LogP contribution in [0.3, 0.4) is 0 Å². The van der Waals surface area contributed by atoms with E-state index in [4.69, 9.17) is 0 Å². The molecule has 1 atom stereocenters. The zero-order valence-electron chi connectivity index (χ0n) is 16.3. The van der Waals surface area contributed by atoms with E-state index in [-0.39, 0.29) is 36.0 Å². The van der Waals surface area contributed by atoms with Crippen LogP contribution >= 0.6 is 15.9 Å². The van der Waals surface area contributed by atoms with Crippen LogP contribution in [0, 0.1) is 5.92 Å². The number of halogens is 1. The van der Waals surface area contributed by atoms with E-state index in [1.807, 2.05) is 24.3 Å². The molecule has 1 unspecified atom stereocenters. The first-order valence-corrected chi connectivity index (χ1v) is 10.7. The van der Waals surface area contributed by atoms with Gasteiger partial charge in [-0.1, -0.05) is 15.9 Å². The van der Waals surface area contributed by atoms with Crippen molar-refractivity contribution in [3.8, 4) is 0 Å². The number of hydrogen-bond donors (Lipinski definition) is 2. The summed E-state index contributed by atoms with van der Waals surface area (Å²) >= 11 is 3.23. The van der Waals surface area contributed by atoms with Gasteiger partial charge in [-0.05, 0) is 55.3 Å². The van der Waals surface area contributed by atoms with Gasteiger partial charge in [0, 0.05) is 41.9 Å². The van der Waals surface area contributed by atoms with Crippen molar-refractivity contribution in [2.45, 2.75) is 19.3 Å². The second-order valence-electron chi connectivity index (χ2n) is 7.60. The van der Waals surface area contributed by atoms with Crippen molar-refractivity contribution in [3.05, 3.63) is 52.5 Å². The highest BCUT2D eigenvalue weighted by molar-refractivity contribution is 9.10. The highest BCUT2D eigenvalue weighted by atomic mass is 79.9. The third-order valence-corrected chi connectivity index (χ3v) is 6.09. The van der Waals surface area contributed by atoms with Gasteiger partial charge < -0.3 is 20.2 Å². The van der Waals surface area contributed by atoms with Gasteiger partial charge in [0.1, 0.15) is 0 Å². The molecule has 0 spiro atoms. The highest BCUT2D eigenvalue weighted by Crippen LogP contribution is 2.29. The molecule has 2 aliphatic rings. The molecule has 0 aromatic heterocycles. The number of amides is 2. The van der Waals surface area contributed by atoms with Crippen LogP contribution in [-0.4, -0.2) is 42.5 Å². The van der Waals surface area contributed by atoms with Gasteiger partial charge in [-0.2, -0.15) is 0 Å². The van der Waals surface area contributed by atoms with Crippen molar-refractivity contribution >= 4 is 50.8 Å². The van der Waals surface area contributed by atoms with Crippen LogP contribution in [0.5, 0.6) is 0 Å². The molecule has 2 fully saturated rings.